The molecule has 1 atom stereocenters. The molecule has 1 aliphatic rings. The molecule has 1 N–H and O–H groups in total. The van der Waals surface area contributed by atoms with Gasteiger partial charge in [-0.2, -0.15) is 12.6 Å². The van der Waals surface area contributed by atoms with Crippen molar-refractivity contribution in [3.63, 3.8) is 0 Å². The summed E-state index contributed by atoms with van der Waals surface area (Å²) in [5.41, 5.74) is -0.576. The Hall–Kier alpha value is -1.63. The molecular weight excluding hydrogens is 264 g/mol. The summed E-state index contributed by atoms with van der Waals surface area (Å²) in [7, 11) is 0. The molecule has 1 fully saturated rings. The Morgan fingerprint density at radius 2 is 2.00 bits per heavy atom. The number of carboxylic acids is 1. The molecule has 2 rings (SSSR count). The van der Waals surface area contributed by atoms with Gasteiger partial charge in [-0.15, -0.1) is 0 Å². The van der Waals surface area contributed by atoms with Gasteiger partial charge in [-0.05, 0) is 6.07 Å². The zero-order chi connectivity index (χ0) is 13.4. The largest absolute Gasteiger partial charge is 0.478 e. The summed E-state index contributed by atoms with van der Waals surface area (Å²) in [4.78, 5) is 23.7. The number of anilines is 1. The number of nitrogens with zero attached hydrogens (tertiary/aromatic N) is 1. The van der Waals surface area contributed by atoms with Crippen LogP contribution in [0.4, 0.5) is 14.5 Å². The molecule has 1 heterocycles. The molecule has 0 bridgehead atoms. The first-order valence-electron chi connectivity index (χ1n) is 5.11. The molecule has 1 aliphatic heterocycles. The second-order valence-electron chi connectivity index (χ2n) is 3.95. The highest BCUT2D eigenvalue weighted by atomic mass is 32.1. The summed E-state index contributed by atoms with van der Waals surface area (Å²) in [5.74, 6) is -4.22. The Labute approximate surface area is 107 Å². The van der Waals surface area contributed by atoms with Crippen LogP contribution in [0, 0.1) is 11.6 Å². The van der Waals surface area contributed by atoms with Gasteiger partial charge in [0.1, 0.15) is 0 Å². The van der Waals surface area contributed by atoms with Crippen molar-refractivity contribution in [3.8, 4) is 0 Å². The first-order valence-corrected chi connectivity index (χ1v) is 5.62. The molecule has 1 unspecified atom stereocenters. The number of rotatable bonds is 2. The Morgan fingerprint density at radius 3 is 2.50 bits per heavy atom. The smallest absolute Gasteiger partial charge is 0.337 e. The number of benzene rings is 1. The second kappa shape index (κ2) is 4.56. The number of aromatic carboxylic acids is 1. The Kier molecular flexibility index (Phi) is 3.25. The fourth-order valence-corrected chi connectivity index (χ4v) is 2.17. The van der Waals surface area contributed by atoms with Crippen molar-refractivity contribution in [1.29, 1.82) is 0 Å². The van der Waals surface area contributed by atoms with Crippen LogP contribution in [0.15, 0.2) is 12.1 Å². The summed E-state index contributed by atoms with van der Waals surface area (Å²) in [6, 6.07) is 1.30. The van der Waals surface area contributed by atoms with E-state index in [1.807, 2.05) is 0 Å². The fourth-order valence-electron chi connectivity index (χ4n) is 1.85. The van der Waals surface area contributed by atoms with E-state index in [0.717, 1.165) is 11.0 Å². The van der Waals surface area contributed by atoms with Crippen molar-refractivity contribution in [2.45, 2.75) is 11.7 Å². The lowest BCUT2D eigenvalue weighted by Gasteiger charge is -2.18. The van der Waals surface area contributed by atoms with Crippen molar-refractivity contribution in [2.75, 3.05) is 11.4 Å². The van der Waals surface area contributed by atoms with Gasteiger partial charge < -0.3 is 10.0 Å². The van der Waals surface area contributed by atoms with E-state index >= 15 is 0 Å². The van der Waals surface area contributed by atoms with E-state index in [2.05, 4.69) is 12.6 Å². The number of carbonyl (C=O) groups excluding carboxylic acids is 1. The van der Waals surface area contributed by atoms with Crippen LogP contribution < -0.4 is 4.90 Å². The van der Waals surface area contributed by atoms with Crippen LogP contribution in [-0.4, -0.2) is 28.8 Å². The minimum Gasteiger partial charge on any atom is -0.478 e. The molecule has 18 heavy (non-hydrogen) atoms. The van der Waals surface area contributed by atoms with E-state index < -0.39 is 23.2 Å². The van der Waals surface area contributed by atoms with Crippen LogP contribution in [0.25, 0.3) is 0 Å². The standard InChI is InChI=1S/C11H9F2NO3S/c12-7-2-6(11(16)17)9(3-8(7)13)14-4-5(18)1-10(14)15/h2-3,5,18H,1,4H2,(H,16,17). The zero-order valence-electron chi connectivity index (χ0n) is 9.06. The van der Waals surface area contributed by atoms with Crippen LogP contribution in [0.2, 0.25) is 0 Å². The quantitative estimate of drug-likeness (QED) is 0.806. The topological polar surface area (TPSA) is 57.6 Å². The lowest BCUT2D eigenvalue weighted by Crippen LogP contribution is -2.27. The molecule has 1 aromatic carbocycles. The highest BCUT2D eigenvalue weighted by Gasteiger charge is 2.31. The van der Waals surface area contributed by atoms with Crippen molar-refractivity contribution >= 4 is 30.2 Å². The van der Waals surface area contributed by atoms with Crippen molar-refractivity contribution in [1.82, 2.24) is 0 Å². The number of hydrogen-bond donors (Lipinski definition) is 2. The summed E-state index contributed by atoms with van der Waals surface area (Å²) in [5, 5.41) is 8.70. The molecule has 1 saturated heterocycles. The number of carboxylic acid groups (broad SMARTS) is 1. The third-order valence-electron chi connectivity index (χ3n) is 2.66. The van der Waals surface area contributed by atoms with Gasteiger partial charge in [0, 0.05) is 24.3 Å². The minimum absolute atomic E-state index is 0.136. The van der Waals surface area contributed by atoms with Crippen LogP contribution in [-0.2, 0) is 4.79 Å². The fraction of sp³-hybridized carbons (Fsp3) is 0.273. The Balaban J connectivity index is 2.52. The van der Waals surface area contributed by atoms with E-state index in [1.54, 1.807) is 0 Å². The maximum Gasteiger partial charge on any atom is 0.337 e. The highest BCUT2D eigenvalue weighted by Crippen LogP contribution is 2.29. The highest BCUT2D eigenvalue weighted by molar-refractivity contribution is 7.81. The van der Waals surface area contributed by atoms with E-state index in [-0.39, 0.29) is 29.8 Å². The molecule has 4 nitrogen and oxygen atoms in total. The SMILES string of the molecule is O=C(O)c1cc(F)c(F)cc1N1CC(S)CC1=O. The lowest BCUT2D eigenvalue weighted by atomic mass is 10.1. The normalized spacial score (nSPS) is 19.4. The molecular formula is C11H9F2NO3S. The number of thiol groups is 1. The van der Waals surface area contributed by atoms with E-state index in [0.29, 0.717) is 6.07 Å². The predicted molar refractivity (Wildman–Crippen MR) is 63.1 cm³/mol. The summed E-state index contributed by atoms with van der Waals surface area (Å²) in [6.07, 6.45) is 0.140. The molecule has 7 heteroatoms. The number of carbonyl (C=O) groups is 2. The van der Waals surface area contributed by atoms with E-state index in [1.165, 1.54) is 0 Å². The third-order valence-corrected chi connectivity index (χ3v) is 3.01. The molecule has 0 radical (unpaired) electrons. The minimum atomic E-state index is -1.42. The summed E-state index contributed by atoms with van der Waals surface area (Å²) < 4.78 is 26.2. The number of amides is 1. The maximum atomic E-state index is 13.2. The average Bonchev–Trinajstić information content (AvgIpc) is 2.61. The van der Waals surface area contributed by atoms with Gasteiger partial charge >= 0.3 is 5.97 Å². The molecule has 96 valence electrons. The van der Waals surface area contributed by atoms with E-state index in [4.69, 9.17) is 5.11 Å². The van der Waals surface area contributed by atoms with Gasteiger partial charge in [-0.25, -0.2) is 13.6 Å². The van der Waals surface area contributed by atoms with Crippen LogP contribution in [0.5, 0.6) is 0 Å². The first kappa shape index (κ1) is 12.8. The van der Waals surface area contributed by atoms with Crippen LogP contribution in [0.3, 0.4) is 0 Å². The molecule has 0 spiro atoms. The molecule has 0 aliphatic carbocycles. The molecule has 1 aromatic rings. The first-order chi connectivity index (χ1) is 8.40. The van der Waals surface area contributed by atoms with Crippen molar-refractivity contribution in [3.05, 3.63) is 29.3 Å². The van der Waals surface area contributed by atoms with Gasteiger partial charge in [-0.3, -0.25) is 4.79 Å². The van der Waals surface area contributed by atoms with E-state index in [9.17, 15) is 18.4 Å². The average molecular weight is 273 g/mol. The molecule has 1 amide bonds. The summed E-state index contributed by atoms with van der Waals surface area (Å²) >= 11 is 4.12. The molecule has 0 saturated carbocycles. The Morgan fingerprint density at radius 1 is 1.39 bits per heavy atom. The van der Waals surface area contributed by atoms with Gasteiger partial charge in [-0.1, -0.05) is 0 Å². The number of hydrogen-bond acceptors (Lipinski definition) is 3. The predicted octanol–water partition coefficient (Wildman–Crippen LogP) is 1.70. The monoisotopic (exact) mass is 273 g/mol. The van der Waals surface area contributed by atoms with Gasteiger partial charge in [0.25, 0.3) is 0 Å². The van der Waals surface area contributed by atoms with Gasteiger partial charge in [0.15, 0.2) is 11.6 Å². The maximum absolute atomic E-state index is 13.2. The second-order valence-corrected chi connectivity index (χ2v) is 4.68. The van der Waals surface area contributed by atoms with Crippen LogP contribution >= 0.6 is 12.6 Å². The third kappa shape index (κ3) is 2.17. The zero-order valence-corrected chi connectivity index (χ0v) is 9.95. The van der Waals surface area contributed by atoms with Gasteiger partial charge in [0.2, 0.25) is 5.91 Å². The molecule has 0 aromatic heterocycles. The van der Waals surface area contributed by atoms with Crippen LogP contribution in [0.1, 0.15) is 16.8 Å². The Bertz CT molecular complexity index is 535. The van der Waals surface area contributed by atoms with Crippen molar-refractivity contribution < 1.29 is 23.5 Å². The number of halogens is 2. The lowest BCUT2D eigenvalue weighted by molar-refractivity contribution is -0.117. The van der Waals surface area contributed by atoms with Gasteiger partial charge in [0.05, 0.1) is 11.3 Å². The van der Waals surface area contributed by atoms with Crippen molar-refractivity contribution in [2.24, 2.45) is 0 Å². The summed E-state index contributed by atoms with van der Waals surface area (Å²) in [6.45, 7) is 0.174.